The monoisotopic (exact) mass is 437 g/mol. The van der Waals surface area contributed by atoms with E-state index in [1.165, 1.54) is 49.8 Å². The third-order valence-corrected chi connectivity index (χ3v) is 5.90. The fourth-order valence-electron chi connectivity index (χ4n) is 3.20. The molecule has 1 fully saturated rings. The number of halogens is 2. The molecule has 0 spiro atoms. The van der Waals surface area contributed by atoms with Gasteiger partial charge in [-0.1, -0.05) is 18.2 Å². The Kier molecular flexibility index (Phi) is 6.45. The molecule has 0 aliphatic heterocycles. The molecule has 1 aromatic heterocycles. The van der Waals surface area contributed by atoms with Crippen LogP contribution in [0.2, 0.25) is 0 Å². The number of sulfone groups is 1. The zero-order chi connectivity index (χ0) is 21.9. The number of hydrogen-bond acceptors (Lipinski definition) is 6. The Morgan fingerprint density at radius 1 is 1.13 bits per heavy atom. The Morgan fingerprint density at radius 2 is 1.77 bits per heavy atom. The minimum absolute atomic E-state index is 0.0261. The lowest BCUT2D eigenvalue weighted by Gasteiger charge is -2.12. The Morgan fingerprint density at radius 3 is 2.27 bits per heavy atom. The molecule has 1 N–H and O–H groups in total. The molecule has 1 aliphatic rings. The summed E-state index contributed by atoms with van der Waals surface area (Å²) >= 11 is 0. The van der Waals surface area contributed by atoms with Gasteiger partial charge in [-0.3, -0.25) is 4.79 Å². The normalized spacial score (nSPS) is 22.0. The molecule has 160 valence electrons. The maximum atomic E-state index is 13.6. The zero-order valence-electron chi connectivity index (χ0n) is 16.4. The molecular formula is C20H21F2N3O4S. The fraction of sp³-hybridized carbons (Fsp3) is 0.350. The second kappa shape index (κ2) is 8.86. The van der Waals surface area contributed by atoms with E-state index in [9.17, 15) is 22.0 Å². The van der Waals surface area contributed by atoms with E-state index in [1.54, 1.807) is 0 Å². The number of amides is 1. The lowest BCUT2D eigenvalue weighted by molar-refractivity contribution is -0.111. The van der Waals surface area contributed by atoms with E-state index in [-0.39, 0.29) is 35.0 Å². The van der Waals surface area contributed by atoms with Crippen molar-refractivity contribution in [1.29, 1.82) is 0 Å². The molecule has 0 radical (unpaired) electrons. The van der Waals surface area contributed by atoms with Crippen molar-refractivity contribution < 1.29 is 26.7 Å². The number of benzene rings is 1. The van der Waals surface area contributed by atoms with Gasteiger partial charge in [0.2, 0.25) is 5.88 Å². The number of nitrogens with one attached hydrogen (secondary N) is 1. The molecule has 1 aromatic carbocycles. The van der Waals surface area contributed by atoms with Crippen molar-refractivity contribution in [1.82, 2.24) is 9.97 Å². The summed E-state index contributed by atoms with van der Waals surface area (Å²) in [6.07, 6.45) is 2.04. The van der Waals surface area contributed by atoms with E-state index in [4.69, 9.17) is 4.74 Å². The van der Waals surface area contributed by atoms with Gasteiger partial charge in [-0.25, -0.2) is 27.2 Å². The molecular weight excluding hydrogens is 416 g/mol. The Balaban J connectivity index is 1.91. The predicted octanol–water partition coefficient (Wildman–Crippen LogP) is 3.00. The molecule has 2 atom stereocenters. The highest BCUT2D eigenvalue weighted by molar-refractivity contribution is 7.90. The number of aromatic nitrogens is 2. The van der Waals surface area contributed by atoms with Crippen LogP contribution in [0.5, 0.6) is 5.88 Å². The van der Waals surface area contributed by atoms with Gasteiger partial charge in [0.15, 0.2) is 15.7 Å². The summed E-state index contributed by atoms with van der Waals surface area (Å²) in [6.45, 7) is 0. The van der Waals surface area contributed by atoms with Crippen molar-refractivity contribution >= 4 is 27.1 Å². The van der Waals surface area contributed by atoms with Crippen LogP contribution >= 0.6 is 0 Å². The van der Waals surface area contributed by atoms with E-state index < -0.39 is 34.0 Å². The van der Waals surface area contributed by atoms with Crippen molar-refractivity contribution in [3.63, 3.8) is 0 Å². The smallest absolute Gasteiger partial charge is 0.257 e. The third-order valence-electron chi connectivity index (χ3n) is 4.77. The summed E-state index contributed by atoms with van der Waals surface area (Å²) in [4.78, 5) is 21.0. The first-order valence-electron chi connectivity index (χ1n) is 9.15. The molecule has 7 nitrogen and oxygen atoms in total. The molecule has 1 amide bonds. The van der Waals surface area contributed by atoms with Crippen LogP contribution in [-0.2, 0) is 14.6 Å². The lowest BCUT2D eigenvalue weighted by atomic mass is 9.98. The number of methoxy groups -OCH3 is 1. The molecule has 30 heavy (non-hydrogen) atoms. The number of nitrogens with zero attached hydrogens (tertiary/aromatic N) is 2. The number of hydrogen-bond donors (Lipinski definition) is 1. The molecule has 0 bridgehead atoms. The average molecular weight is 437 g/mol. The first kappa shape index (κ1) is 21.8. The lowest BCUT2D eigenvalue weighted by Crippen LogP contribution is -2.16. The number of ether oxygens (including phenoxy) is 1. The summed E-state index contributed by atoms with van der Waals surface area (Å²) in [7, 11) is -1.98. The maximum absolute atomic E-state index is 13.6. The van der Waals surface area contributed by atoms with Crippen LogP contribution in [0.1, 0.15) is 18.4 Å². The number of carbonyl (C=O) groups excluding carboxylic acids is 1. The molecule has 2 unspecified atom stereocenters. The van der Waals surface area contributed by atoms with Crippen molar-refractivity contribution in [3.8, 4) is 5.88 Å². The van der Waals surface area contributed by atoms with E-state index in [2.05, 4.69) is 15.3 Å². The maximum Gasteiger partial charge on any atom is 0.257 e. The molecule has 2 aromatic rings. The molecule has 3 rings (SSSR count). The van der Waals surface area contributed by atoms with Crippen LogP contribution in [0.15, 0.2) is 47.6 Å². The van der Waals surface area contributed by atoms with Crippen LogP contribution in [0.4, 0.5) is 14.6 Å². The number of carbonyl (C=O) groups is 1. The van der Waals surface area contributed by atoms with Crippen molar-refractivity contribution in [2.24, 2.45) is 5.92 Å². The summed E-state index contributed by atoms with van der Waals surface area (Å²) < 4.78 is 55.5. The van der Waals surface area contributed by atoms with Crippen LogP contribution in [-0.4, -0.2) is 50.0 Å². The highest BCUT2D eigenvalue weighted by Gasteiger charge is 2.34. The summed E-state index contributed by atoms with van der Waals surface area (Å²) in [6, 6.07) is 5.72. The fourth-order valence-corrected chi connectivity index (χ4v) is 3.83. The van der Waals surface area contributed by atoms with Crippen molar-refractivity contribution in [2.75, 3.05) is 18.7 Å². The predicted molar refractivity (Wildman–Crippen MR) is 107 cm³/mol. The van der Waals surface area contributed by atoms with Gasteiger partial charge in [0.1, 0.15) is 12.3 Å². The Bertz CT molecular complexity index is 1030. The minimum Gasteiger partial charge on any atom is -0.480 e. The van der Waals surface area contributed by atoms with Gasteiger partial charge >= 0.3 is 0 Å². The summed E-state index contributed by atoms with van der Waals surface area (Å²) in [5.41, 5.74) is 0.582. The number of allylic oxidation sites excluding steroid dienone is 1. The Hall–Kier alpha value is -2.88. The first-order valence-corrected chi connectivity index (χ1v) is 11.0. The van der Waals surface area contributed by atoms with Crippen molar-refractivity contribution in [2.45, 2.75) is 30.1 Å². The van der Waals surface area contributed by atoms with E-state index in [0.717, 1.165) is 6.26 Å². The number of alkyl halides is 2. The summed E-state index contributed by atoms with van der Waals surface area (Å²) in [5.74, 6) is -0.585. The largest absolute Gasteiger partial charge is 0.480 e. The van der Waals surface area contributed by atoms with E-state index >= 15 is 0 Å². The van der Waals surface area contributed by atoms with Gasteiger partial charge in [-0.15, -0.1) is 0 Å². The Labute approximate surface area is 173 Å². The molecule has 1 heterocycles. The van der Waals surface area contributed by atoms with E-state index in [1.807, 2.05) is 0 Å². The van der Waals surface area contributed by atoms with Gasteiger partial charge in [0.25, 0.3) is 5.91 Å². The van der Waals surface area contributed by atoms with Gasteiger partial charge in [0.05, 0.1) is 24.4 Å². The van der Waals surface area contributed by atoms with Crippen LogP contribution in [0, 0.1) is 5.92 Å². The van der Waals surface area contributed by atoms with Gasteiger partial charge in [-0.05, 0) is 36.5 Å². The summed E-state index contributed by atoms with van der Waals surface area (Å²) in [5, 5.41) is 2.59. The van der Waals surface area contributed by atoms with Gasteiger partial charge in [0, 0.05) is 11.8 Å². The molecule has 10 heteroatoms. The zero-order valence-corrected chi connectivity index (χ0v) is 17.2. The first-order chi connectivity index (χ1) is 14.2. The quantitative estimate of drug-likeness (QED) is 0.698. The number of anilines is 1. The van der Waals surface area contributed by atoms with Gasteiger partial charge < -0.3 is 10.1 Å². The SMILES string of the molecule is COc1cnc(NC(=O)/C(=C/C2CC(F)C(F)C2)c2ccc(S(C)(=O)=O)cc2)cn1. The molecule has 1 aliphatic carbocycles. The topological polar surface area (TPSA) is 98.2 Å². The second-order valence-electron chi connectivity index (χ2n) is 7.04. The second-order valence-corrected chi connectivity index (χ2v) is 9.05. The highest BCUT2D eigenvalue weighted by Crippen LogP contribution is 2.34. The van der Waals surface area contributed by atoms with E-state index in [0.29, 0.717) is 5.56 Å². The average Bonchev–Trinajstić information content (AvgIpc) is 3.03. The number of rotatable bonds is 6. The third kappa shape index (κ3) is 5.18. The van der Waals surface area contributed by atoms with Crippen LogP contribution in [0.25, 0.3) is 5.57 Å². The minimum atomic E-state index is -3.41. The highest BCUT2D eigenvalue weighted by atomic mass is 32.2. The molecule has 1 saturated carbocycles. The van der Waals surface area contributed by atoms with Crippen LogP contribution < -0.4 is 10.1 Å². The van der Waals surface area contributed by atoms with Crippen molar-refractivity contribution in [3.05, 3.63) is 48.3 Å². The standard InChI is InChI=1S/C20H21F2N3O4S/c1-29-19-11-23-18(10-24-19)25-20(26)15(7-12-8-16(21)17(22)9-12)13-3-5-14(6-4-13)30(2,27)28/h3-7,10-12,16-17H,8-9H2,1-2H3,(H,23,25,26)/b15-7+. The van der Waals surface area contributed by atoms with Gasteiger partial charge in [-0.2, -0.15) is 0 Å². The molecule has 0 saturated heterocycles. The van der Waals surface area contributed by atoms with Crippen LogP contribution in [0.3, 0.4) is 0 Å².